The van der Waals surface area contributed by atoms with Crippen molar-refractivity contribution in [1.29, 1.82) is 0 Å². The van der Waals surface area contributed by atoms with Gasteiger partial charge in [0.05, 0.1) is 6.10 Å². The maximum absolute atomic E-state index is 13.8. The number of Topliss-reactive ketones (excluding diaryl/α,β-unsaturated/α-hetero) is 1. The molecule has 166 valence electrons. The molecule has 0 aromatic rings. The van der Waals surface area contributed by atoms with Crippen LogP contribution in [0.15, 0.2) is 0 Å². The van der Waals surface area contributed by atoms with E-state index in [2.05, 4.69) is 34.6 Å². The van der Waals surface area contributed by atoms with Crippen LogP contribution in [0, 0.1) is 52.3 Å². The summed E-state index contributed by atoms with van der Waals surface area (Å²) in [5, 5.41) is 10.2. The van der Waals surface area contributed by atoms with Crippen LogP contribution in [0.1, 0.15) is 105 Å². The van der Waals surface area contributed by atoms with Crippen molar-refractivity contribution >= 4 is 5.78 Å². The van der Waals surface area contributed by atoms with Gasteiger partial charge in [-0.3, -0.25) is 4.79 Å². The predicted octanol–water partition coefficient (Wildman–Crippen LogP) is 6.65. The van der Waals surface area contributed by atoms with Gasteiger partial charge in [0.2, 0.25) is 0 Å². The van der Waals surface area contributed by atoms with E-state index in [9.17, 15) is 9.90 Å². The van der Waals surface area contributed by atoms with Gasteiger partial charge in [-0.1, -0.05) is 53.9 Å². The molecule has 4 saturated carbocycles. The smallest absolute Gasteiger partial charge is 0.139 e. The van der Waals surface area contributed by atoms with Gasteiger partial charge in [-0.15, -0.1) is 0 Å². The van der Waals surface area contributed by atoms with Crippen molar-refractivity contribution in [2.24, 2.45) is 52.3 Å². The van der Waals surface area contributed by atoms with E-state index in [-0.39, 0.29) is 11.5 Å². The molecular formula is C27H46O2. The highest BCUT2D eigenvalue weighted by molar-refractivity contribution is 5.87. The molecule has 0 heterocycles. The quantitative estimate of drug-likeness (QED) is 0.559. The maximum atomic E-state index is 13.8. The number of fused-ring (bicyclic) bond motifs is 5. The Hall–Kier alpha value is -0.370. The van der Waals surface area contributed by atoms with Gasteiger partial charge >= 0.3 is 0 Å². The topological polar surface area (TPSA) is 37.3 Å². The van der Waals surface area contributed by atoms with E-state index < -0.39 is 0 Å². The fourth-order valence-electron chi connectivity index (χ4n) is 8.93. The maximum Gasteiger partial charge on any atom is 0.139 e. The highest BCUT2D eigenvalue weighted by Gasteiger charge is 2.63. The number of aliphatic hydroxyl groups excluding tert-OH is 1. The van der Waals surface area contributed by atoms with Crippen LogP contribution >= 0.6 is 0 Å². The van der Waals surface area contributed by atoms with Crippen molar-refractivity contribution in [3.8, 4) is 0 Å². The van der Waals surface area contributed by atoms with Crippen LogP contribution in [0.25, 0.3) is 0 Å². The molecule has 4 aliphatic carbocycles. The minimum absolute atomic E-state index is 0.0597. The second-order valence-electron chi connectivity index (χ2n) is 12.5. The third kappa shape index (κ3) is 3.54. The van der Waals surface area contributed by atoms with Gasteiger partial charge < -0.3 is 5.11 Å². The number of hydrogen-bond acceptors (Lipinski definition) is 2. The van der Waals surface area contributed by atoms with E-state index in [1.54, 1.807) is 0 Å². The molecule has 0 aliphatic heterocycles. The normalized spacial score (nSPS) is 48.2. The zero-order valence-electron chi connectivity index (χ0n) is 19.8. The first-order valence-corrected chi connectivity index (χ1v) is 12.9. The lowest BCUT2D eigenvalue weighted by Crippen LogP contribution is -2.57. The molecule has 0 spiro atoms. The minimum Gasteiger partial charge on any atom is -0.393 e. The number of ketones is 1. The molecule has 4 aliphatic rings. The van der Waals surface area contributed by atoms with Crippen molar-refractivity contribution in [2.45, 2.75) is 111 Å². The third-order valence-corrected chi connectivity index (χ3v) is 10.7. The standard InChI is InChI=1S/C27H46O2/c1-17(2)7-6-8-18(3)22-11-12-23-21-10-9-19-15-20(28)13-14-26(19,4)24(21)16-25(29)27(22,23)5/h17-24,28H,6-16H2,1-5H3/t18-,19+,20-,21+,22-,23+,24+,26+,27-/m1/s1. The van der Waals surface area contributed by atoms with Crippen molar-refractivity contribution in [3.63, 3.8) is 0 Å². The summed E-state index contributed by atoms with van der Waals surface area (Å²) in [6, 6.07) is 0. The summed E-state index contributed by atoms with van der Waals surface area (Å²) in [6.45, 7) is 12.0. The largest absolute Gasteiger partial charge is 0.393 e. The Morgan fingerprint density at radius 3 is 2.48 bits per heavy atom. The summed E-state index contributed by atoms with van der Waals surface area (Å²) in [5.41, 5.74) is 0.232. The molecule has 4 fully saturated rings. The Labute approximate surface area is 179 Å². The van der Waals surface area contributed by atoms with Gasteiger partial charge in [0.15, 0.2) is 0 Å². The first kappa shape index (κ1) is 21.8. The van der Waals surface area contributed by atoms with Gasteiger partial charge in [-0.05, 0) is 91.8 Å². The van der Waals surface area contributed by atoms with Crippen LogP contribution < -0.4 is 0 Å². The monoisotopic (exact) mass is 402 g/mol. The van der Waals surface area contributed by atoms with E-state index in [0.29, 0.717) is 40.8 Å². The zero-order valence-corrected chi connectivity index (χ0v) is 19.8. The van der Waals surface area contributed by atoms with E-state index >= 15 is 0 Å². The molecular weight excluding hydrogens is 356 g/mol. The zero-order chi connectivity index (χ0) is 21.0. The van der Waals surface area contributed by atoms with Crippen molar-refractivity contribution in [1.82, 2.24) is 0 Å². The number of hydrogen-bond donors (Lipinski definition) is 1. The van der Waals surface area contributed by atoms with E-state index in [1.165, 1.54) is 44.9 Å². The molecule has 0 unspecified atom stereocenters. The predicted molar refractivity (Wildman–Crippen MR) is 119 cm³/mol. The first-order chi connectivity index (χ1) is 13.7. The lowest BCUT2D eigenvalue weighted by Gasteiger charge is -2.60. The number of aliphatic hydroxyl groups is 1. The van der Waals surface area contributed by atoms with Crippen molar-refractivity contribution in [3.05, 3.63) is 0 Å². The van der Waals surface area contributed by atoms with E-state index in [0.717, 1.165) is 37.5 Å². The van der Waals surface area contributed by atoms with Crippen molar-refractivity contribution in [2.75, 3.05) is 0 Å². The highest BCUT2D eigenvalue weighted by atomic mass is 16.3. The molecule has 0 aromatic heterocycles. The van der Waals surface area contributed by atoms with Crippen LogP contribution in [0.3, 0.4) is 0 Å². The number of carbonyl (C=O) groups excluding carboxylic acids is 1. The van der Waals surface area contributed by atoms with Gasteiger partial charge in [-0.2, -0.15) is 0 Å². The number of rotatable bonds is 5. The Bertz CT molecular complexity index is 612. The van der Waals surface area contributed by atoms with Crippen LogP contribution in [0.5, 0.6) is 0 Å². The summed E-state index contributed by atoms with van der Waals surface area (Å²) in [7, 11) is 0. The van der Waals surface area contributed by atoms with Gasteiger partial charge in [0.25, 0.3) is 0 Å². The minimum atomic E-state index is -0.100. The molecule has 4 rings (SSSR count). The molecule has 1 N–H and O–H groups in total. The lowest BCUT2D eigenvalue weighted by molar-refractivity contribution is -0.160. The van der Waals surface area contributed by atoms with Crippen LogP contribution in [0.4, 0.5) is 0 Å². The Balaban J connectivity index is 1.52. The highest BCUT2D eigenvalue weighted by Crippen LogP contribution is 2.67. The average Bonchev–Trinajstić information content (AvgIpc) is 3.02. The third-order valence-electron chi connectivity index (χ3n) is 10.7. The van der Waals surface area contributed by atoms with Gasteiger partial charge in [0, 0.05) is 11.8 Å². The summed E-state index contributed by atoms with van der Waals surface area (Å²) in [5.74, 6) is 5.27. The Morgan fingerprint density at radius 1 is 1.00 bits per heavy atom. The summed E-state index contributed by atoms with van der Waals surface area (Å²) in [6.07, 6.45) is 12.9. The first-order valence-electron chi connectivity index (χ1n) is 12.9. The molecule has 0 bridgehead atoms. The Morgan fingerprint density at radius 2 is 1.76 bits per heavy atom. The molecule has 2 heteroatoms. The van der Waals surface area contributed by atoms with Crippen molar-refractivity contribution < 1.29 is 9.90 Å². The summed E-state index contributed by atoms with van der Waals surface area (Å²) in [4.78, 5) is 13.8. The second-order valence-corrected chi connectivity index (χ2v) is 12.5. The van der Waals surface area contributed by atoms with E-state index in [1.807, 2.05) is 0 Å². The van der Waals surface area contributed by atoms with Gasteiger partial charge in [0.1, 0.15) is 5.78 Å². The molecule has 0 radical (unpaired) electrons. The van der Waals surface area contributed by atoms with Gasteiger partial charge in [-0.25, -0.2) is 0 Å². The molecule has 0 aromatic carbocycles. The summed E-state index contributed by atoms with van der Waals surface area (Å²) < 4.78 is 0. The SMILES string of the molecule is CC(C)CCC[C@@H](C)[C@H]1CC[C@H]2[C@@H]3CC[C@H]4C[C@H](O)CC[C@]4(C)[C@H]3CC(=O)[C@]12C. The fourth-order valence-corrected chi connectivity index (χ4v) is 8.93. The molecule has 0 amide bonds. The Kier molecular flexibility index (Phi) is 5.99. The van der Waals surface area contributed by atoms with Crippen LogP contribution in [-0.2, 0) is 4.79 Å². The second kappa shape index (κ2) is 7.95. The van der Waals surface area contributed by atoms with Crippen LogP contribution in [-0.4, -0.2) is 17.0 Å². The number of carbonyl (C=O) groups is 1. The fraction of sp³-hybridized carbons (Fsp3) is 0.963. The molecule has 29 heavy (non-hydrogen) atoms. The molecule has 2 nitrogen and oxygen atoms in total. The molecule has 0 saturated heterocycles. The van der Waals surface area contributed by atoms with E-state index in [4.69, 9.17) is 0 Å². The average molecular weight is 403 g/mol. The van der Waals surface area contributed by atoms with Crippen LogP contribution in [0.2, 0.25) is 0 Å². The molecule has 9 atom stereocenters. The lowest BCUT2D eigenvalue weighted by atomic mass is 9.44. The summed E-state index contributed by atoms with van der Waals surface area (Å²) >= 11 is 0.